The maximum atomic E-state index is 12.3. The number of benzene rings is 1. The van der Waals surface area contributed by atoms with E-state index in [0.29, 0.717) is 16.2 Å². The first kappa shape index (κ1) is 17.9. The van der Waals surface area contributed by atoms with Gasteiger partial charge in [-0.3, -0.25) is 14.4 Å². The lowest BCUT2D eigenvalue weighted by Gasteiger charge is -2.28. The second kappa shape index (κ2) is 6.94. The number of fused-ring (bicyclic) bond motifs is 1. The fourth-order valence-corrected chi connectivity index (χ4v) is 3.83. The van der Waals surface area contributed by atoms with Crippen molar-refractivity contribution in [2.75, 3.05) is 13.1 Å². The standard InChI is InChI=1S/C20H22ClN5O/c1-13-15(11-22-24(13)3)12-25-8-6-17(7-9-25)26-14(2)23-20(27)18-10-16(21)4-5-19(18)26/h4-6,10-11H,7-9,12H2,1-3H3. The molecule has 0 unspecified atom stereocenters. The third-order valence-electron chi connectivity index (χ3n) is 5.30. The molecule has 7 heteroatoms. The number of aromatic nitrogens is 4. The van der Waals surface area contributed by atoms with Crippen LogP contribution >= 0.6 is 11.6 Å². The third kappa shape index (κ3) is 3.31. The van der Waals surface area contributed by atoms with E-state index in [1.807, 2.05) is 37.0 Å². The van der Waals surface area contributed by atoms with E-state index in [1.54, 1.807) is 6.07 Å². The van der Waals surface area contributed by atoms with Gasteiger partial charge in [0.2, 0.25) is 0 Å². The highest BCUT2D eigenvalue weighted by atomic mass is 35.5. The fourth-order valence-electron chi connectivity index (χ4n) is 3.66. The predicted octanol–water partition coefficient (Wildman–Crippen LogP) is 3.15. The van der Waals surface area contributed by atoms with Crippen LogP contribution < -0.4 is 5.56 Å². The van der Waals surface area contributed by atoms with E-state index in [2.05, 4.69) is 32.5 Å². The highest BCUT2D eigenvalue weighted by molar-refractivity contribution is 6.31. The van der Waals surface area contributed by atoms with Crippen molar-refractivity contribution in [1.29, 1.82) is 0 Å². The number of halogens is 1. The van der Waals surface area contributed by atoms with Gasteiger partial charge in [-0.05, 0) is 32.0 Å². The summed E-state index contributed by atoms with van der Waals surface area (Å²) in [5.74, 6) is 0.706. The zero-order valence-corrected chi connectivity index (χ0v) is 16.5. The van der Waals surface area contributed by atoms with Gasteiger partial charge in [-0.15, -0.1) is 0 Å². The lowest BCUT2D eigenvalue weighted by molar-refractivity contribution is 0.291. The Morgan fingerprint density at radius 1 is 1.26 bits per heavy atom. The summed E-state index contributed by atoms with van der Waals surface area (Å²) in [7, 11) is 1.97. The van der Waals surface area contributed by atoms with E-state index in [9.17, 15) is 4.79 Å². The van der Waals surface area contributed by atoms with Crippen LogP contribution in [0, 0.1) is 13.8 Å². The van der Waals surface area contributed by atoms with Gasteiger partial charge >= 0.3 is 0 Å². The van der Waals surface area contributed by atoms with Crippen LogP contribution in [0.5, 0.6) is 0 Å². The molecule has 2 aromatic heterocycles. The van der Waals surface area contributed by atoms with Gasteiger partial charge in [0, 0.05) is 55.1 Å². The Labute approximate surface area is 162 Å². The maximum Gasteiger partial charge on any atom is 0.280 e. The second-order valence-corrected chi connectivity index (χ2v) is 7.46. The lowest BCUT2D eigenvalue weighted by atomic mass is 10.1. The van der Waals surface area contributed by atoms with Crippen LogP contribution in [0.3, 0.4) is 0 Å². The Balaban J connectivity index is 1.65. The molecule has 0 radical (unpaired) electrons. The minimum Gasteiger partial charge on any atom is -0.302 e. The Morgan fingerprint density at radius 3 is 2.74 bits per heavy atom. The Hall–Kier alpha value is -2.44. The zero-order chi connectivity index (χ0) is 19.1. The largest absolute Gasteiger partial charge is 0.302 e. The van der Waals surface area contributed by atoms with E-state index in [1.165, 1.54) is 17.0 Å². The first-order valence-electron chi connectivity index (χ1n) is 9.02. The number of aryl methyl sites for hydroxylation is 2. The van der Waals surface area contributed by atoms with Gasteiger partial charge in [-0.25, -0.2) is 0 Å². The third-order valence-corrected chi connectivity index (χ3v) is 5.54. The number of rotatable bonds is 3. The average molecular weight is 384 g/mol. The highest BCUT2D eigenvalue weighted by Gasteiger charge is 2.18. The van der Waals surface area contributed by atoms with Gasteiger partial charge < -0.3 is 4.57 Å². The molecule has 0 fully saturated rings. The minimum absolute atomic E-state index is 0.230. The van der Waals surface area contributed by atoms with Crippen LogP contribution in [-0.4, -0.2) is 37.3 Å². The molecule has 6 nitrogen and oxygen atoms in total. The summed E-state index contributed by atoms with van der Waals surface area (Å²) < 4.78 is 3.99. The SMILES string of the molecule is Cc1c(CN2CC=C(n3c(C)nc(=O)c4cc(Cl)ccc43)CC2)cnn1C. The molecule has 140 valence electrons. The molecular formula is C20H22ClN5O. The molecule has 3 aromatic rings. The number of hydrogen-bond donors (Lipinski definition) is 0. The Kier molecular flexibility index (Phi) is 4.61. The quantitative estimate of drug-likeness (QED) is 0.697. The van der Waals surface area contributed by atoms with Crippen molar-refractivity contribution in [3.63, 3.8) is 0 Å². The van der Waals surface area contributed by atoms with E-state index < -0.39 is 0 Å². The van der Waals surface area contributed by atoms with Gasteiger partial charge in [0.1, 0.15) is 5.82 Å². The van der Waals surface area contributed by atoms with Crippen LogP contribution in [-0.2, 0) is 13.6 Å². The molecule has 27 heavy (non-hydrogen) atoms. The summed E-state index contributed by atoms with van der Waals surface area (Å²) in [5.41, 5.74) is 4.27. The Bertz CT molecular complexity index is 1110. The molecule has 0 bridgehead atoms. The summed E-state index contributed by atoms with van der Waals surface area (Å²) in [6.45, 7) is 6.66. The summed E-state index contributed by atoms with van der Waals surface area (Å²) in [5, 5.41) is 5.43. The average Bonchev–Trinajstić information content (AvgIpc) is 2.96. The van der Waals surface area contributed by atoms with Gasteiger partial charge in [0.15, 0.2) is 0 Å². The molecule has 0 atom stereocenters. The van der Waals surface area contributed by atoms with Crippen LogP contribution in [0.1, 0.15) is 23.5 Å². The van der Waals surface area contributed by atoms with E-state index in [4.69, 9.17) is 11.6 Å². The van der Waals surface area contributed by atoms with Gasteiger partial charge in [-0.1, -0.05) is 17.7 Å². The van der Waals surface area contributed by atoms with Crippen molar-refractivity contribution in [2.45, 2.75) is 26.8 Å². The smallest absolute Gasteiger partial charge is 0.280 e. The highest BCUT2D eigenvalue weighted by Crippen LogP contribution is 2.25. The molecule has 1 aromatic carbocycles. The summed E-state index contributed by atoms with van der Waals surface area (Å²) in [4.78, 5) is 18.9. The van der Waals surface area contributed by atoms with Crippen LogP contribution in [0.4, 0.5) is 0 Å². The van der Waals surface area contributed by atoms with Gasteiger partial charge in [-0.2, -0.15) is 10.1 Å². The summed E-state index contributed by atoms with van der Waals surface area (Å²) in [6, 6.07) is 5.42. The lowest BCUT2D eigenvalue weighted by Crippen LogP contribution is -2.30. The molecular weight excluding hydrogens is 362 g/mol. The molecule has 1 aliphatic heterocycles. The molecule has 0 saturated heterocycles. The molecule has 4 rings (SSSR count). The van der Waals surface area contributed by atoms with Crippen LogP contribution in [0.2, 0.25) is 5.02 Å². The molecule has 0 spiro atoms. The first-order chi connectivity index (χ1) is 12.9. The normalized spacial score (nSPS) is 15.3. The van der Waals surface area contributed by atoms with Crippen LogP contribution in [0.25, 0.3) is 16.6 Å². The monoisotopic (exact) mass is 383 g/mol. The molecule has 1 aliphatic rings. The summed E-state index contributed by atoms with van der Waals surface area (Å²) >= 11 is 6.08. The molecule has 0 N–H and O–H groups in total. The first-order valence-corrected chi connectivity index (χ1v) is 9.40. The maximum absolute atomic E-state index is 12.3. The fraction of sp³-hybridized carbons (Fsp3) is 0.350. The van der Waals surface area contributed by atoms with E-state index >= 15 is 0 Å². The van der Waals surface area contributed by atoms with Gasteiger partial charge in [0.05, 0.1) is 17.1 Å². The van der Waals surface area contributed by atoms with Crippen molar-refractivity contribution in [3.8, 4) is 0 Å². The predicted molar refractivity (Wildman–Crippen MR) is 108 cm³/mol. The molecule has 0 amide bonds. The van der Waals surface area contributed by atoms with Crippen molar-refractivity contribution in [3.05, 3.63) is 62.9 Å². The van der Waals surface area contributed by atoms with Crippen molar-refractivity contribution < 1.29 is 0 Å². The van der Waals surface area contributed by atoms with Crippen molar-refractivity contribution >= 4 is 28.2 Å². The van der Waals surface area contributed by atoms with Crippen molar-refractivity contribution in [2.24, 2.45) is 7.05 Å². The topological polar surface area (TPSA) is 56.0 Å². The molecule has 3 heterocycles. The molecule has 0 saturated carbocycles. The summed E-state index contributed by atoms with van der Waals surface area (Å²) in [6.07, 6.45) is 5.06. The van der Waals surface area contributed by atoms with E-state index in [0.717, 1.165) is 31.6 Å². The van der Waals surface area contributed by atoms with Gasteiger partial charge in [0.25, 0.3) is 5.56 Å². The zero-order valence-electron chi connectivity index (χ0n) is 15.7. The number of nitrogens with zero attached hydrogens (tertiary/aromatic N) is 5. The Morgan fingerprint density at radius 2 is 2.07 bits per heavy atom. The van der Waals surface area contributed by atoms with Crippen LogP contribution in [0.15, 0.2) is 35.3 Å². The number of hydrogen-bond acceptors (Lipinski definition) is 4. The van der Waals surface area contributed by atoms with E-state index in [-0.39, 0.29) is 5.56 Å². The van der Waals surface area contributed by atoms with Crippen molar-refractivity contribution in [1.82, 2.24) is 24.2 Å². The minimum atomic E-state index is -0.230. The molecule has 0 aliphatic carbocycles. The second-order valence-electron chi connectivity index (χ2n) is 7.02.